The fraction of sp³-hybridized carbons (Fsp3) is 0.200. The van der Waals surface area contributed by atoms with E-state index in [1.54, 1.807) is 49.4 Å². The van der Waals surface area contributed by atoms with E-state index in [0.29, 0.717) is 45.7 Å². The van der Waals surface area contributed by atoms with Gasteiger partial charge >= 0.3 is 0 Å². The van der Waals surface area contributed by atoms with Gasteiger partial charge in [0.25, 0.3) is 17.7 Å². The van der Waals surface area contributed by atoms with Crippen LogP contribution in [-0.2, 0) is 0 Å². The van der Waals surface area contributed by atoms with E-state index in [4.69, 9.17) is 16.1 Å². The van der Waals surface area contributed by atoms with Crippen molar-refractivity contribution in [2.45, 2.75) is 20.3 Å². The van der Waals surface area contributed by atoms with Crippen LogP contribution in [0.4, 0.5) is 5.69 Å². The fourth-order valence-electron chi connectivity index (χ4n) is 2.52. The summed E-state index contributed by atoms with van der Waals surface area (Å²) in [4.78, 5) is 29.1. The van der Waals surface area contributed by atoms with Crippen molar-refractivity contribution in [2.24, 2.45) is 0 Å². The van der Waals surface area contributed by atoms with E-state index in [-0.39, 0.29) is 11.8 Å². The van der Waals surface area contributed by atoms with Crippen molar-refractivity contribution >= 4 is 29.1 Å². The first-order valence-corrected chi connectivity index (χ1v) is 9.15. The Kier molecular flexibility index (Phi) is 6.06. The molecule has 2 N–H and O–H groups in total. The summed E-state index contributed by atoms with van der Waals surface area (Å²) in [6.07, 6.45) is 0.812. The Morgan fingerprint density at radius 2 is 1.86 bits per heavy atom. The summed E-state index contributed by atoms with van der Waals surface area (Å²) in [6.45, 7) is 4.24. The van der Waals surface area contributed by atoms with Crippen LogP contribution in [0, 0.1) is 6.92 Å². The van der Waals surface area contributed by atoms with E-state index >= 15 is 0 Å². The number of aryl methyl sites for hydroxylation is 1. The summed E-state index contributed by atoms with van der Waals surface area (Å²) in [7, 11) is 0. The molecule has 0 saturated carbocycles. The molecule has 0 aliphatic carbocycles. The van der Waals surface area contributed by atoms with Gasteiger partial charge in [0.05, 0.1) is 11.3 Å². The number of hydrogen-bond acceptors (Lipinski definition) is 5. The highest BCUT2D eigenvalue weighted by atomic mass is 35.5. The van der Waals surface area contributed by atoms with Gasteiger partial charge in [-0.2, -0.15) is 4.98 Å². The molecular formula is C20H19ClN4O3. The molecule has 3 rings (SSSR count). The van der Waals surface area contributed by atoms with Crippen molar-refractivity contribution in [1.29, 1.82) is 0 Å². The average molecular weight is 399 g/mol. The number of amides is 2. The number of halogens is 1. The smallest absolute Gasteiger partial charge is 0.257 e. The summed E-state index contributed by atoms with van der Waals surface area (Å²) in [6, 6.07) is 11.5. The standard InChI is InChI=1S/C20H19ClN4O3/c1-3-10-22-19(27)16-9-8-15(21)11-17(16)24-18(26)13-4-6-14(7-5-13)20-23-12(2)25-28-20/h4-9,11H,3,10H2,1-2H3,(H,22,27)(H,24,26). The van der Waals surface area contributed by atoms with Crippen LogP contribution >= 0.6 is 11.6 Å². The number of carbonyl (C=O) groups excluding carboxylic acids is 2. The Balaban J connectivity index is 1.79. The predicted molar refractivity (Wildman–Crippen MR) is 107 cm³/mol. The Bertz CT molecular complexity index is 999. The molecule has 1 heterocycles. The van der Waals surface area contributed by atoms with E-state index in [9.17, 15) is 9.59 Å². The van der Waals surface area contributed by atoms with Crippen LogP contribution < -0.4 is 10.6 Å². The van der Waals surface area contributed by atoms with Crippen molar-refractivity contribution in [3.05, 3.63) is 64.4 Å². The third kappa shape index (κ3) is 4.55. The molecule has 2 amide bonds. The van der Waals surface area contributed by atoms with Gasteiger partial charge in [0, 0.05) is 22.7 Å². The number of rotatable bonds is 6. The van der Waals surface area contributed by atoms with Gasteiger partial charge in [-0.15, -0.1) is 0 Å². The number of hydrogen-bond donors (Lipinski definition) is 2. The molecular weight excluding hydrogens is 380 g/mol. The first-order chi connectivity index (χ1) is 13.5. The SMILES string of the molecule is CCCNC(=O)c1ccc(Cl)cc1NC(=O)c1ccc(-c2nc(C)no2)cc1. The van der Waals surface area contributed by atoms with Gasteiger partial charge in [-0.05, 0) is 55.8 Å². The fourth-order valence-corrected chi connectivity index (χ4v) is 2.70. The van der Waals surface area contributed by atoms with Gasteiger partial charge < -0.3 is 15.2 Å². The monoisotopic (exact) mass is 398 g/mol. The lowest BCUT2D eigenvalue weighted by molar-refractivity contribution is 0.0954. The second-order valence-corrected chi connectivity index (χ2v) is 6.56. The minimum Gasteiger partial charge on any atom is -0.352 e. The highest BCUT2D eigenvalue weighted by molar-refractivity contribution is 6.31. The lowest BCUT2D eigenvalue weighted by atomic mass is 10.1. The number of nitrogens with one attached hydrogen (secondary N) is 2. The molecule has 0 spiro atoms. The maximum atomic E-state index is 12.6. The molecule has 0 unspecified atom stereocenters. The molecule has 3 aromatic rings. The van der Waals surface area contributed by atoms with Gasteiger partial charge in [-0.1, -0.05) is 23.7 Å². The van der Waals surface area contributed by atoms with Crippen molar-refractivity contribution < 1.29 is 14.1 Å². The number of nitrogens with zero attached hydrogens (tertiary/aromatic N) is 2. The highest BCUT2D eigenvalue weighted by Crippen LogP contribution is 2.23. The molecule has 0 aliphatic rings. The second kappa shape index (κ2) is 8.67. The maximum absolute atomic E-state index is 12.6. The third-order valence-corrected chi connectivity index (χ3v) is 4.17. The molecule has 2 aromatic carbocycles. The molecule has 8 heteroatoms. The highest BCUT2D eigenvalue weighted by Gasteiger charge is 2.15. The molecule has 0 radical (unpaired) electrons. The number of carbonyl (C=O) groups is 2. The number of benzene rings is 2. The first-order valence-electron chi connectivity index (χ1n) is 8.77. The first kappa shape index (κ1) is 19.6. The number of aromatic nitrogens is 2. The van der Waals surface area contributed by atoms with Crippen molar-refractivity contribution in [3.8, 4) is 11.5 Å². The normalized spacial score (nSPS) is 10.5. The molecule has 0 saturated heterocycles. The zero-order valence-electron chi connectivity index (χ0n) is 15.5. The molecule has 1 aromatic heterocycles. The molecule has 0 atom stereocenters. The molecule has 0 bridgehead atoms. The van der Waals surface area contributed by atoms with Crippen molar-refractivity contribution in [3.63, 3.8) is 0 Å². The van der Waals surface area contributed by atoms with Gasteiger partial charge in [0.15, 0.2) is 5.82 Å². The quantitative estimate of drug-likeness (QED) is 0.651. The molecule has 0 aliphatic heterocycles. The minimum absolute atomic E-state index is 0.268. The molecule has 7 nitrogen and oxygen atoms in total. The topological polar surface area (TPSA) is 97.1 Å². The summed E-state index contributed by atoms with van der Waals surface area (Å²) in [5, 5.41) is 9.71. The van der Waals surface area contributed by atoms with E-state index in [0.717, 1.165) is 6.42 Å². The van der Waals surface area contributed by atoms with Gasteiger partial charge in [-0.3, -0.25) is 9.59 Å². The van der Waals surface area contributed by atoms with E-state index in [1.807, 2.05) is 6.92 Å². The summed E-state index contributed by atoms with van der Waals surface area (Å²) in [5.74, 6) is 0.289. The van der Waals surface area contributed by atoms with Gasteiger partial charge in [-0.25, -0.2) is 0 Å². The zero-order valence-corrected chi connectivity index (χ0v) is 16.2. The van der Waals surface area contributed by atoms with Gasteiger partial charge in [0.1, 0.15) is 0 Å². The van der Waals surface area contributed by atoms with E-state index < -0.39 is 0 Å². The molecule has 28 heavy (non-hydrogen) atoms. The van der Waals surface area contributed by atoms with Crippen LogP contribution in [-0.4, -0.2) is 28.5 Å². The minimum atomic E-state index is -0.361. The van der Waals surface area contributed by atoms with Crippen molar-refractivity contribution in [1.82, 2.24) is 15.5 Å². The molecule has 0 fully saturated rings. The van der Waals surface area contributed by atoms with Crippen LogP contribution in [0.2, 0.25) is 5.02 Å². The third-order valence-electron chi connectivity index (χ3n) is 3.93. The summed E-state index contributed by atoms with van der Waals surface area (Å²) < 4.78 is 5.11. The summed E-state index contributed by atoms with van der Waals surface area (Å²) >= 11 is 6.04. The Morgan fingerprint density at radius 3 is 2.50 bits per heavy atom. The van der Waals surface area contributed by atoms with Crippen LogP contribution in [0.3, 0.4) is 0 Å². The zero-order chi connectivity index (χ0) is 20.1. The Morgan fingerprint density at radius 1 is 1.11 bits per heavy atom. The lowest BCUT2D eigenvalue weighted by Gasteiger charge is -2.12. The van der Waals surface area contributed by atoms with E-state index in [1.165, 1.54) is 0 Å². The van der Waals surface area contributed by atoms with Gasteiger partial charge in [0.2, 0.25) is 0 Å². The Hall–Kier alpha value is -3.19. The van der Waals surface area contributed by atoms with Crippen LogP contribution in [0.1, 0.15) is 39.9 Å². The average Bonchev–Trinajstić information content (AvgIpc) is 3.12. The lowest BCUT2D eigenvalue weighted by Crippen LogP contribution is -2.25. The van der Waals surface area contributed by atoms with Crippen LogP contribution in [0.5, 0.6) is 0 Å². The summed E-state index contributed by atoms with van der Waals surface area (Å²) in [5.41, 5.74) is 1.83. The maximum Gasteiger partial charge on any atom is 0.257 e. The van der Waals surface area contributed by atoms with Crippen LogP contribution in [0.15, 0.2) is 47.0 Å². The van der Waals surface area contributed by atoms with Crippen molar-refractivity contribution in [2.75, 3.05) is 11.9 Å². The largest absolute Gasteiger partial charge is 0.352 e. The second-order valence-electron chi connectivity index (χ2n) is 6.12. The van der Waals surface area contributed by atoms with E-state index in [2.05, 4.69) is 20.8 Å². The predicted octanol–water partition coefficient (Wildman–Crippen LogP) is 4.09. The number of anilines is 1. The Labute approximate surface area is 167 Å². The molecule has 144 valence electrons. The van der Waals surface area contributed by atoms with Crippen LogP contribution in [0.25, 0.3) is 11.5 Å².